The van der Waals surface area contributed by atoms with Crippen LogP contribution in [0.3, 0.4) is 0 Å². The molecule has 0 saturated carbocycles. The van der Waals surface area contributed by atoms with Gasteiger partial charge in [-0.1, -0.05) is 30.3 Å². The van der Waals surface area contributed by atoms with Gasteiger partial charge in [0, 0.05) is 24.5 Å². The van der Waals surface area contributed by atoms with E-state index < -0.39 is 0 Å². The fourth-order valence-corrected chi connectivity index (χ4v) is 3.89. The van der Waals surface area contributed by atoms with Gasteiger partial charge in [-0.3, -0.25) is 9.48 Å². The Morgan fingerprint density at radius 2 is 1.85 bits per heavy atom. The van der Waals surface area contributed by atoms with Crippen molar-refractivity contribution < 1.29 is 4.79 Å². The van der Waals surface area contributed by atoms with E-state index >= 15 is 0 Å². The molecule has 0 N–H and O–H groups in total. The van der Waals surface area contributed by atoms with Crippen molar-refractivity contribution in [2.24, 2.45) is 7.05 Å². The van der Waals surface area contributed by atoms with Gasteiger partial charge in [0.25, 0.3) is 0 Å². The van der Waals surface area contributed by atoms with E-state index in [1.807, 2.05) is 65.4 Å². The number of carbonyl (C=O) groups is 1. The number of carbonyl (C=O) groups excluding carboxylic acids is 1. The predicted octanol–water partition coefficient (Wildman–Crippen LogP) is 3.63. The van der Waals surface area contributed by atoms with Crippen molar-refractivity contribution in [3.05, 3.63) is 72.7 Å². The molecule has 1 amide bonds. The summed E-state index contributed by atoms with van der Waals surface area (Å²) in [5.41, 5.74) is 4.01. The summed E-state index contributed by atoms with van der Waals surface area (Å²) in [4.78, 5) is 14.5. The number of aryl methyl sites for hydroxylation is 1. The number of amides is 1. The van der Waals surface area contributed by atoms with Gasteiger partial charge < -0.3 is 4.90 Å². The van der Waals surface area contributed by atoms with Crippen molar-refractivity contribution in [3.8, 4) is 5.69 Å². The standard InChI is InChI=1S/C21H19N5O/c1-24-14-18(13-22-24)26-20-8-7-17(11-16(20)12-23-26)25-19(9-10-21(25)27)15-5-3-2-4-6-15/h2-8,11-14,19H,9-10H2,1H3/t19-/m0/s1. The third kappa shape index (κ3) is 2.61. The van der Waals surface area contributed by atoms with Crippen LogP contribution in [0.15, 0.2) is 67.1 Å². The van der Waals surface area contributed by atoms with E-state index in [-0.39, 0.29) is 11.9 Å². The highest BCUT2D eigenvalue weighted by Gasteiger charge is 2.33. The molecule has 6 heteroatoms. The Hall–Kier alpha value is -3.41. The lowest BCUT2D eigenvalue weighted by Gasteiger charge is -2.25. The van der Waals surface area contributed by atoms with Crippen LogP contribution >= 0.6 is 0 Å². The van der Waals surface area contributed by atoms with E-state index in [9.17, 15) is 4.79 Å². The highest BCUT2D eigenvalue weighted by atomic mass is 16.2. The van der Waals surface area contributed by atoms with Crippen LogP contribution in [-0.2, 0) is 11.8 Å². The van der Waals surface area contributed by atoms with E-state index in [0.29, 0.717) is 6.42 Å². The number of rotatable bonds is 3. The van der Waals surface area contributed by atoms with Crippen LogP contribution in [0.1, 0.15) is 24.4 Å². The minimum absolute atomic E-state index is 0.0875. The first kappa shape index (κ1) is 15.8. The molecule has 0 unspecified atom stereocenters. The third-order valence-corrected chi connectivity index (χ3v) is 5.16. The van der Waals surface area contributed by atoms with Crippen molar-refractivity contribution in [3.63, 3.8) is 0 Å². The summed E-state index contributed by atoms with van der Waals surface area (Å²) in [7, 11) is 1.88. The molecule has 1 atom stereocenters. The second kappa shape index (κ2) is 6.09. The molecule has 1 aliphatic heterocycles. The van der Waals surface area contributed by atoms with Gasteiger partial charge in [0.05, 0.1) is 30.1 Å². The van der Waals surface area contributed by atoms with E-state index in [4.69, 9.17) is 0 Å². The molecule has 5 rings (SSSR count). The van der Waals surface area contributed by atoms with Crippen LogP contribution in [-0.4, -0.2) is 25.5 Å². The average Bonchev–Trinajstić information content (AvgIpc) is 3.40. The van der Waals surface area contributed by atoms with Crippen molar-refractivity contribution >= 4 is 22.5 Å². The number of fused-ring (bicyclic) bond motifs is 1. The van der Waals surface area contributed by atoms with Crippen LogP contribution in [0.5, 0.6) is 0 Å². The highest BCUT2D eigenvalue weighted by Crippen LogP contribution is 2.38. The van der Waals surface area contributed by atoms with Crippen LogP contribution in [0.25, 0.3) is 16.6 Å². The lowest BCUT2D eigenvalue weighted by atomic mass is 10.0. The second-order valence-electron chi connectivity index (χ2n) is 6.90. The highest BCUT2D eigenvalue weighted by molar-refractivity contribution is 5.98. The molecule has 0 aliphatic carbocycles. The van der Waals surface area contributed by atoms with E-state index in [0.717, 1.165) is 28.7 Å². The predicted molar refractivity (Wildman–Crippen MR) is 104 cm³/mol. The molecule has 4 aromatic rings. The summed E-state index contributed by atoms with van der Waals surface area (Å²) in [5.74, 6) is 0.169. The Bertz CT molecular complexity index is 1130. The number of benzene rings is 2. The lowest BCUT2D eigenvalue weighted by Crippen LogP contribution is -2.27. The van der Waals surface area contributed by atoms with Crippen LogP contribution in [0, 0.1) is 0 Å². The zero-order valence-corrected chi connectivity index (χ0v) is 15.0. The average molecular weight is 357 g/mol. The van der Waals surface area contributed by atoms with E-state index in [2.05, 4.69) is 22.3 Å². The molecule has 0 spiro atoms. The van der Waals surface area contributed by atoms with Gasteiger partial charge in [0.1, 0.15) is 5.69 Å². The summed E-state index contributed by atoms with van der Waals surface area (Å²) in [5, 5.41) is 9.72. The van der Waals surface area contributed by atoms with Gasteiger partial charge in [-0.05, 0) is 30.2 Å². The SMILES string of the molecule is Cn1cc(-n2ncc3cc(N4C(=O)CC[C@H]4c4ccccc4)ccc32)cn1. The fourth-order valence-electron chi connectivity index (χ4n) is 3.89. The molecule has 2 aromatic carbocycles. The molecular formula is C21H19N5O. The molecule has 0 bridgehead atoms. The number of hydrogen-bond acceptors (Lipinski definition) is 3. The summed E-state index contributed by atoms with van der Waals surface area (Å²) in [6.07, 6.45) is 6.97. The quantitative estimate of drug-likeness (QED) is 0.563. The summed E-state index contributed by atoms with van der Waals surface area (Å²) >= 11 is 0. The van der Waals surface area contributed by atoms with Crippen LogP contribution < -0.4 is 4.90 Å². The largest absolute Gasteiger partial charge is 0.305 e. The van der Waals surface area contributed by atoms with E-state index in [1.165, 1.54) is 5.56 Å². The van der Waals surface area contributed by atoms with Crippen molar-refractivity contribution in [1.29, 1.82) is 0 Å². The topological polar surface area (TPSA) is 56.0 Å². The summed E-state index contributed by atoms with van der Waals surface area (Å²) in [6.45, 7) is 0. The van der Waals surface area contributed by atoms with Gasteiger partial charge in [0.15, 0.2) is 0 Å². The maximum Gasteiger partial charge on any atom is 0.227 e. The molecule has 1 fully saturated rings. The van der Waals surface area contributed by atoms with Crippen molar-refractivity contribution in [1.82, 2.24) is 19.6 Å². The van der Waals surface area contributed by atoms with Gasteiger partial charge in [-0.15, -0.1) is 0 Å². The van der Waals surface area contributed by atoms with Crippen molar-refractivity contribution in [2.75, 3.05) is 4.90 Å². The molecule has 2 aromatic heterocycles. The first-order valence-corrected chi connectivity index (χ1v) is 9.04. The Labute approximate surface area is 156 Å². The monoisotopic (exact) mass is 357 g/mol. The minimum atomic E-state index is 0.0875. The number of hydrogen-bond donors (Lipinski definition) is 0. The van der Waals surface area contributed by atoms with E-state index in [1.54, 1.807) is 10.9 Å². The maximum atomic E-state index is 12.6. The van der Waals surface area contributed by atoms with Crippen molar-refractivity contribution in [2.45, 2.75) is 18.9 Å². The number of nitrogens with zero attached hydrogens (tertiary/aromatic N) is 5. The van der Waals surface area contributed by atoms with Gasteiger partial charge in [-0.25, -0.2) is 4.68 Å². The lowest BCUT2D eigenvalue weighted by molar-refractivity contribution is -0.117. The van der Waals surface area contributed by atoms with Gasteiger partial charge in [0.2, 0.25) is 5.91 Å². The first-order valence-electron chi connectivity index (χ1n) is 9.04. The van der Waals surface area contributed by atoms with Crippen LogP contribution in [0.2, 0.25) is 0 Å². The number of aromatic nitrogens is 4. The third-order valence-electron chi connectivity index (χ3n) is 5.16. The fraction of sp³-hybridized carbons (Fsp3) is 0.190. The van der Waals surface area contributed by atoms with Gasteiger partial charge in [-0.2, -0.15) is 10.2 Å². The Balaban J connectivity index is 1.56. The molecule has 27 heavy (non-hydrogen) atoms. The summed E-state index contributed by atoms with van der Waals surface area (Å²) < 4.78 is 3.62. The second-order valence-corrected chi connectivity index (χ2v) is 6.90. The maximum absolute atomic E-state index is 12.6. The molecule has 6 nitrogen and oxygen atoms in total. The molecular weight excluding hydrogens is 338 g/mol. The zero-order chi connectivity index (χ0) is 18.4. The first-order chi connectivity index (χ1) is 13.2. The Kier molecular flexibility index (Phi) is 3.57. The van der Waals surface area contributed by atoms with Crippen LogP contribution in [0.4, 0.5) is 5.69 Å². The smallest absolute Gasteiger partial charge is 0.227 e. The normalized spacial score (nSPS) is 17.1. The molecule has 1 aliphatic rings. The summed E-state index contributed by atoms with van der Waals surface area (Å²) in [6, 6.07) is 16.4. The Morgan fingerprint density at radius 3 is 2.63 bits per heavy atom. The Morgan fingerprint density at radius 1 is 1.00 bits per heavy atom. The minimum Gasteiger partial charge on any atom is -0.305 e. The zero-order valence-electron chi connectivity index (χ0n) is 15.0. The molecule has 3 heterocycles. The van der Waals surface area contributed by atoms with Gasteiger partial charge >= 0.3 is 0 Å². The molecule has 1 saturated heterocycles. The number of anilines is 1. The molecule has 134 valence electrons. The molecule has 0 radical (unpaired) electrons.